The molecule has 1 N–H and O–H groups in total. The number of nitrogens with one attached hydrogen (secondary N) is 1. The molecule has 2 atom stereocenters. The standard InChI is InChI=1S/C13H19ClN4O/c1-9-4-3-7-18(10(9)2)13(19)17-8-11-12(14)16-6-5-15-11/h5-6,9-10H,3-4,7-8H2,1-2H3,(H,17,19). The van der Waals surface area contributed by atoms with Crippen LogP contribution in [0.1, 0.15) is 32.4 Å². The maximum absolute atomic E-state index is 12.2. The van der Waals surface area contributed by atoms with E-state index in [1.54, 1.807) is 6.20 Å². The van der Waals surface area contributed by atoms with Crippen LogP contribution in [-0.2, 0) is 6.54 Å². The van der Waals surface area contributed by atoms with E-state index in [2.05, 4.69) is 29.1 Å². The second-order valence-corrected chi connectivity index (χ2v) is 5.36. The van der Waals surface area contributed by atoms with Crippen molar-refractivity contribution >= 4 is 17.6 Å². The molecule has 2 heterocycles. The van der Waals surface area contributed by atoms with Gasteiger partial charge in [-0.1, -0.05) is 18.5 Å². The van der Waals surface area contributed by atoms with Gasteiger partial charge >= 0.3 is 6.03 Å². The van der Waals surface area contributed by atoms with Crippen LogP contribution in [0, 0.1) is 5.92 Å². The van der Waals surface area contributed by atoms with Gasteiger partial charge in [0.05, 0.1) is 12.2 Å². The third kappa shape index (κ3) is 3.35. The largest absolute Gasteiger partial charge is 0.332 e. The summed E-state index contributed by atoms with van der Waals surface area (Å²) >= 11 is 5.91. The van der Waals surface area contributed by atoms with Crippen molar-refractivity contribution in [2.24, 2.45) is 5.92 Å². The number of likely N-dealkylation sites (tertiary alicyclic amines) is 1. The van der Waals surface area contributed by atoms with Gasteiger partial charge in [0.2, 0.25) is 0 Å². The average molecular weight is 283 g/mol. The summed E-state index contributed by atoms with van der Waals surface area (Å²) in [6.07, 6.45) is 5.34. The van der Waals surface area contributed by atoms with Crippen molar-refractivity contribution in [3.63, 3.8) is 0 Å². The normalized spacial score (nSPS) is 23.2. The highest BCUT2D eigenvalue weighted by Gasteiger charge is 2.28. The van der Waals surface area contributed by atoms with Crippen LogP contribution >= 0.6 is 11.6 Å². The first kappa shape index (κ1) is 14.1. The molecule has 0 bridgehead atoms. The maximum Gasteiger partial charge on any atom is 0.317 e. The molecule has 1 aliphatic heterocycles. The van der Waals surface area contributed by atoms with Gasteiger partial charge in [-0.3, -0.25) is 4.98 Å². The first-order valence-electron chi connectivity index (χ1n) is 6.59. The van der Waals surface area contributed by atoms with E-state index in [9.17, 15) is 4.79 Å². The molecule has 104 valence electrons. The highest BCUT2D eigenvalue weighted by molar-refractivity contribution is 6.29. The predicted octanol–water partition coefficient (Wildman–Crippen LogP) is 2.46. The van der Waals surface area contributed by atoms with Crippen LogP contribution in [0.4, 0.5) is 4.79 Å². The van der Waals surface area contributed by atoms with Crippen LogP contribution in [-0.4, -0.2) is 33.5 Å². The third-order valence-corrected chi connectivity index (χ3v) is 4.08. The van der Waals surface area contributed by atoms with Crippen molar-refractivity contribution in [3.05, 3.63) is 23.2 Å². The fourth-order valence-corrected chi connectivity index (χ4v) is 2.52. The summed E-state index contributed by atoms with van der Waals surface area (Å²) in [6, 6.07) is 0.215. The van der Waals surface area contributed by atoms with E-state index in [1.807, 2.05) is 4.90 Å². The summed E-state index contributed by atoms with van der Waals surface area (Å²) in [6.45, 7) is 5.40. The molecular formula is C13H19ClN4O. The highest BCUT2D eigenvalue weighted by Crippen LogP contribution is 2.22. The number of aromatic nitrogens is 2. The molecule has 2 amide bonds. The zero-order valence-electron chi connectivity index (χ0n) is 11.3. The Kier molecular flexibility index (Phi) is 4.58. The summed E-state index contributed by atoms with van der Waals surface area (Å²) in [5.74, 6) is 0.541. The van der Waals surface area contributed by atoms with Crippen LogP contribution in [0.25, 0.3) is 0 Å². The molecule has 6 heteroatoms. The van der Waals surface area contributed by atoms with Crippen molar-refractivity contribution in [2.75, 3.05) is 6.54 Å². The van der Waals surface area contributed by atoms with Crippen molar-refractivity contribution < 1.29 is 4.79 Å². The molecule has 5 nitrogen and oxygen atoms in total. The molecule has 1 aliphatic rings. The number of hydrogen-bond donors (Lipinski definition) is 1. The lowest BCUT2D eigenvalue weighted by atomic mass is 9.92. The van der Waals surface area contributed by atoms with E-state index in [0.717, 1.165) is 13.0 Å². The Bertz CT molecular complexity index is 454. The van der Waals surface area contributed by atoms with E-state index < -0.39 is 0 Å². The van der Waals surface area contributed by atoms with Crippen molar-refractivity contribution in [1.29, 1.82) is 0 Å². The lowest BCUT2D eigenvalue weighted by Crippen LogP contribution is -2.50. The number of hydrogen-bond acceptors (Lipinski definition) is 3. The first-order valence-corrected chi connectivity index (χ1v) is 6.97. The van der Waals surface area contributed by atoms with Gasteiger partial charge in [-0.05, 0) is 25.7 Å². The number of urea groups is 1. The monoisotopic (exact) mass is 282 g/mol. The molecular weight excluding hydrogens is 264 g/mol. The topological polar surface area (TPSA) is 58.1 Å². The summed E-state index contributed by atoms with van der Waals surface area (Å²) < 4.78 is 0. The Balaban J connectivity index is 1.92. The van der Waals surface area contributed by atoms with Crippen molar-refractivity contribution in [2.45, 2.75) is 39.3 Å². The van der Waals surface area contributed by atoms with Crippen molar-refractivity contribution in [3.8, 4) is 0 Å². The van der Waals surface area contributed by atoms with Gasteiger partial charge in [-0.2, -0.15) is 0 Å². The Morgan fingerprint density at radius 1 is 1.47 bits per heavy atom. The fraction of sp³-hybridized carbons (Fsp3) is 0.615. The van der Waals surface area contributed by atoms with E-state index in [0.29, 0.717) is 23.3 Å². The fourth-order valence-electron chi connectivity index (χ4n) is 2.35. The summed E-state index contributed by atoms with van der Waals surface area (Å²) in [5.41, 5.74) is 0.593. The second kappa shape index (κ2) is 6.19. The number of carbonyl (C=O) groups excluding carboxylic acids is 1. The Labute approximate surface area is 118 Å². The number of piperidine rings is 1. The molecule has 1 aromatic rings. The molecule has 2 rings (SSSR count). The number of amides is 2. The molecule has 0 aromatic carbocycles. The molecule has 0 saturated carbocycles. The van der Waals surface area contributed by atoms with Crippen LogP contribution in [0.5, 0.6) is 0 Å². The van der Waals surface area contributed by atoms with E-state index in [1.165, 1.54) is 12.6 Å². The molecule has 1 aromatic heterocycles. The van der Waals surface area contributed by atoms with Crippen LogP contribution in [0.2, 0.25) is 5.15 Å². The zero-order chi connectivity index (χ0) is 13.8. The molecule has 1 saturated heterocycles. The number of nitrogens with zero attached hydrogens (tertiary/aromatic N) is 3. The number of halogens is 1. The van der Waals surface area contributed by atoms with Crippen LogP contribution < -0.4 is 5.32 Å². The van der Waals surface area contributed by atoms with Gasteiger partial charge in [-0.25, -0.2) is 9.78 Å². The minimum atomic E-state index is -0.0548. The van der Waals surface area contributed by atoms with Gasteiger partial charge < -0.3 is 10.2 Å². The molecule has 2 unspecified atom stereocenters. The molecule has 0 radical (unpaired) electrons. The third-order valence-electron chi connectivity index (χ3n) is 3.76. The number of carbonyl (C=O) groups is 1. The van der Waals surface area contributed by atoms with Crippen LogP contribution in [0.3, 0.4) is 0 Å². The van der Waals surface area contributed by atoms with Gasteiger partial charge in [0.15, 0.2) is 5.15 Å². The molecule has 19 heavy (non-hydrogen) atoms. The molecule has 1 fully saturated rings. The van der Waals surface area contributed by atoms with E-state index in [4.69, 9.17) is 11.6 Å². The van der Waals surface area contributed by atoms with E-state index in [-0.39, 0.29) is 12.1 Å². The van der Waals surface area contributed by atoms with E-state index >= 15 is 0 Å². The SMILES string of the molecule is CC1CCCN(C(=O)NCc2nccnc2Cl)C1C. The predicted molar refractivity (Wildman–Crippen MR) is 73.8 cm³/mol. The lowest BCUT2D eigenvalue weighted by molar-refractivity contribution is 0.128. The quantitative estimate of drug-likeness (QED) is 0.906. The molecule has 0 spiro atoms. The highest BCUT2D eigenvalue weighted by atomic mass is 35.5. The number of rotatable bonds is 2. The summed E-state index contributed by atoms with van der Waals surface area (Å²) in [7, 11) is 0. The summed E-state index contributed by atoms with van der Waals surface area (Å²) in [5, 5.41) is 3.20. The summed E-state index contributed by atoms with van der Waals surface area (Å²) in [4.78, 5) is 22.1. The lowest BCUT2D eigenvalue weighted by Gasteiger charge is -2.37. The molecule has 0 aliphatic carbocycles. The minimum absolute atomic E-state index is 0.0548. The first-order chi connectivity index (χ1) is 9.09. The average Bonchev–Trinajstić information content (AvgIpc) is 2.40. The van der Waals surface area contributed by atoms with Gasteiger partial charge in [-0.15, -0.1) is 0 Å². The Morgan fingerprint density at radius 2 is 2.21 bits per heavy atom. The minimum Gasteiger partial charge on any atom is -0.332 e. The van der Waals surface area contributed by atoms with Gasteiger partial charge in [0.25, 0.3) is 0 Å². The second-order valence-electron chi connectivity index (χ2n) is 5.01. The van der Waals surface area contributed by atoms with Gasteiger partial charge in [0.1, 0.15) is 0 Å². The Hall–Kier alpha value is -1.36. The van der Waals surface area contributed by atoms with Gasteiger partial charge in [0, 0.05) is 25.0 Å². The van der Waals surface area contributed by atoms with Crippen molar-refractivity contribution in [1.82, 2.24) is 20.2 Å². The maximum atomic E-state index is 12.2. The zero-order valence-corrected chi connectivity index (χ0v) is 12.0. The van der Waals surface area contributed by atoms with Crippen LogP contribution in [0.15, 0.2) is 12.4 Å². The smallest absolute Gasteiger partial charge is 0.317 e. The Morgan fingerprint density at radius 3 is 2.95 bits per heavy atom.